The van der Waals surface area contributed by atoms with Gasteiger partial charge in [-0.2, -0.15) is 19.8 Å². The minimum Gasteiger partial charge on any atom is -0.476 e. The molecule has 1 fully saturated rings. The fourth-order valence-electron chi connectivity index (χ4n) is 5.84. The number of aromatic nitrogens is 6. The number of hydrogen-bond acceptors (Lipinski definition) is 7. The van der Waals surface area contributed by atoms with E-state index >= 15 is 0 Å². The average Bonchev–Trinajstić information content (AvgIpc) is 3.67. The van der Waals surface area contributed by atoms with E-state index in [1.807, 2.05) is 79.7 Å². The smallest absolute Gasteiger partial charge is 0.358 e. The van der Waals surface area contributed by atoms with Gasteiger partial charge in [-0.15, -0.1) is 10.2 Å². The maximum Gasteiger partial charge on any atom is 0.358 e. The molecule has 6 rings (SSSR count). The third kappa shape index (κ3) is 8.11. The molecular formula is C35H39ClN8O3. The number of aryl methyl sites for hydroxylation is 2. The first-order chi connectivity index (χ1) is 22.5. The standard InChI is InChI=1S/C25H30ClN5O.C10H9N3O2/c1-18-23(29-31(28-18)22-7-5-4-6-8-22)24(32)27-21-13-15-25(16-14-21,30(2)3)17-19-9-11-20(26)12-10-19;1-7-9(10(14)15)12-13(11-7)8-5-3-2-4-6-8/h4-12,21H,13-17H2,1-3H3,(H,27,32);2-6H,1H3,(H,14,15). The maximum atomic E-state index is 12.9. The van der Waals surface area contributed by atoms with E-state index in [9.17, 15) is 9.59 Å². The third-order valence-corrected chi connectivity index (χ3v) is 8.85. The Balaban J connectivity index is 0.000000241. The number of carbonyl (C=O) groups is 2. The average molecular weight is 655 g/mol. The Bertz CT molecular complexity index is 1800. The fourth-order valence-corrected chi connectivity index (χ4v) is 5.96. The Labute approximate surface area is 279 Å². The summed E-state index contributed by atoms with van der Waals surface area (Å²) in [5.41, 5.74) is 4.37. The summed E-state index contributed by atoms with van der Waals surface area (Å²) < 4.78 is 0. The molecule has 0 saturated heterocycles. The van der Waals surface area contributed by atoms with Crippen LogP contribution in [0.1, 0.15) is 63.6 Å². The van der Waals surface area contributed by atoms with Crippen molar-refractivity contribution in [2.45, 2.75) is 57.5 Å². The van der Waals surface area contributed by atoms with E-state index in [1.165, 1.54) is 15.2 Å². The lowest BCUT2D eigenvalue weighted by molar-refractivity contribution is 0.0688. The zero-order chi connectivity index (χ0) is 33.6. The van der Waals surface area contributed by atoms with Crippen LogP contribution in [0.4, 0.5) is 0 Å². The van der Waals surface area contributed by atoms with Crippen LogP contribution >= 0.6 is 11.6 Å². The van der Waals surface area contributed by atoms with E-state index in [-0.39, 0.29) is 23.2 Å². The van der Waals surface area contributed by atoms with Crippen molar-refractivity contribution in [2.24, 2.45) is 0 Å². The van der Waals surface area contributed by atoms with Gasteiger partial charge in [-0.3, -0.25) is 4.79 Å². The normalized spacial score (nSPS) is 17.5. The van der Waals surface area contributed by atoms with Crippen LogP contribution in [-0.2, 0) is 6.42 Å². The van der Waals surface area contributed by atoms with Crippen molar-refractivity contribution in [3.63, 3.8) is 0 Å². The Morgan fingerprint density at radius 2 is 1.30 bits per heavy atom. The Morgan fingerprint density at radius 1 is 0.809 bits per heavy atom. The highest BCUT2D eigenvalue weighted by Crippen LogP contribution is 2.36. The largest absolute Gasteiger partial charge is 0.476 e. The quantitative estimate of drug-likeness (QED) is 0.217. The minimum atomic E-state index is -1.06. The molecule has 1 saturated carbocycles. The number of carboxylic acid groups (broad SMARTS) is 1. The predicted molar refractivity (Wildman–Crippen MR) is 180 cm³/mol. The van der Waals surface area contributed by atoms with Gasteiger partial charge >= 0.3 is 5.97 Å². The molecule has 2 N–H and O–H groups in total. The first-order valence-corrected chi connectivity index (χ1v) is 15.9. The van der Waals surface area contributed by atoms with Crippen molar-refractivity contribution in [1.82, 2.24) is 40.2 Å². The summed E-state index contributed by atoms with van der Waals surface area (Å²) in [6, 6.07) is 27.1. The number of carboxylic acids is 1. The summed E-state index contributed by atoms with van der Waals surface area (Å²) in [6.45, 7) is 3.45. The van der Waals surface area contributed by atoms with Gasteiger partial charge in [0, 0.05) is 16.6 Å². The number of nitrogens with zero attached hydrogens (tertiary/aromatic N) is 7. The van der Waals surface area contributed by atoms with Gasteiger partial charge in [0.2, 0.25) is 0 Å². The number of amides is 1. The molecule has 0 unspecified atom stereocenters. The SMILES string of the molecule is Cc1nn(-c2ccccc2)nc1C(=O)NC1CCC(Cc2ccc(Cl)cc2)(N(C)C)CC1.Cc1nn(-c2ccccc2)nc1C(=O)O. The van der Waals surface area contributed by atoms with Crippen LogP contribution in [-0.4, -0.2) is 77.5 Å². The third-order valence-electron chi connectivity index (χ3n) is 8.60. The lowest BCUT2D eigenvalue weighted by Crippen LogP contribution is -2.52. The molecule has 12 heteroatoms. The molecule has 5 aromatic rings. The van der Waals surface area contributed by atoms with Gasteiger partial charge in [-0.1, -0.05) is 60.1 Å². The second kappa shape index (κ2) is 14.7. The molecule has 0 bridgehead atoms. The van der Waals surface area contributed by atoms with Crippen LogP contribution < -0.4 is 5.32 Å². The predicted octanol–water partition coefficient (Wildman–Crippen LogP) is 5.72. The second-order valence-corrected chi connectivity index (χ2v) is 12.4. The van der Waals surface area contributed by atoms with Gasteiger partial charge in [0.15, 0.2) is 11.4 Å². The number of para-hydroxylation sites is 2. The number of nitrogens with one attached hydrogen (secondary N) is 1. The van der Waals surface area contributed by atoms with E-state index in [4.69, 9.17) is 16.7 Å². The summed E-state index contributed by atoms with van der Waals surface area (Å²) >= 11 is 6.06. The van der Waals surface area contributed by atoms with Crippen LogP contribution in [0.15, 0.2) is 84.9 Å². The van der Waals surface area contributed by atoms with Crippen molar-refractivity contribution in [1.29, 1.82) is 0 Å². The Hall–Kier alpha value is -4.87. The van der Waals surface area contributed by atoms with Gasteiger partial charge in [0.1, 0.15) is 0 Å². The van der Waals surface area contributed by atoms with Crippen LogP contribution in [0.25, 0.3) is 11.4 Å². The van der Waals surface area contributed by atoms with Gasteiger partial charge in [0.25, 0.3) is 5.91 Å². The van der Waals surface area contributed by atoms with Crippen molar-refractivity contribution < 1.29 is 14.7 Å². The van der Waals surface area contributed by atoms with Gasteiger partial charge < -0.3 is 15.3 Å². The molecule has 244 valence electrons. The minimum absolute atomic E-state index is 0.0150. The summed E-state index contributed by atoms with van der Waals surface area (Å²) in [5.74, 6) is -1.21. The lowest BCUT2D eigenvalue weighted by Gasteiger charge is -2.45. The van der Waals surface area contributed by atoms with Crippen molar-refractivity contribution in [3.8, 4) is 11.4 Å². The van der Waals surface area contributed by atoms with Gasteiger partial charge in [-0.25, -0.2) is 4.79 Å². The highest BCUT2D eigenvalue weighted by molar-refractivity contribution is 6.30. The Morgan fingerprint density at radius 3 is 1.77 bits per heavy atom. The zero-order valence-electron chi connectivity index (χ0n) is 27.0. The topological polar surface area (TPSA) is 131 Å². The first kappa shape index (κ1) is 33.5. The molecule has 0 atom stereocenters. The van der Waals surface area contributed by atoms with Gasteiger partial charge in [-0.05, 0) is 102 Å². The number of halogens is 1. The zero-order valence-corrected chi connectivity index (χ0v) is 27.7. The molecule has 0 aliphatic heterocycles. The first-order valence-electron chi connectivity index (χ1n) is 15.5. The molecular weight excluding hydrogens is 616 g/mol. The molecule has 2 heterocycles. The second-order valence-electron chi connectivity index (χ2n) is 12.0. The number of aromatic carboxylic acids is 1. The number of hydrogen-bond donors (Lipinski definition) is 2. The summed E-state index contributed by atoms with van der Waals surface area (Å²) in [5, 5.41) is 29.5. The molecule has 0 spiro atoms. The highest BCUT2D eigenvalue weighted by Gasteiger charge is 2.38. The maximum absolute atomic E-state index is 12.9. The molecule has 1 aliphatic carbocycles. The van der Waals surface area contributed by atoms with Crippen LogP contribution in [0.2, 0.25) is 5.02 Å². The summed E-state index contributed by atoms with van der Waals surface area (Å²) in [7, 11) is 4.31. The molecule has 11 nitrogen and oxygen atoms in total. The monoisotopic (exact) mass is 654 g/mol. The molecule has 3 aromatic carbocycles. The van der Waals surface area contributed by atoms with E-state index < -0.39 is 5.97 Å². The number of benzene rings is 3. The van der Waals surface area contributed by atoms with Gasteiger partial charge in [0.05, 0.1) is 22.8 Å². The fraction of sp³-hybridized carbons (Fsp3) is 0.314. The number of carbonyl (C=O) groups excluding carboxylic acids is 1. The molecule has 1 amide bonds. The van der Waals surface area contributed by atoms with E-state index in [1.54, 1.807) is 6.92 Å². The van der Waals surface area contributed by atoms with Crippen LogP contribution in [0, 0.1) is 13.8 Å². The van der Waals surface area contributed by atoms with E-state index in [0.29, 0.717) is 17.1 Å². The molecule has 0 radical (unpaired) electrons. The van der Waals surface area contributed by atoms with Crippen LogP contribution in [0.5, 0.6) is 0 Å². The van der Waals surface area contributed by atoms with E-state index in [0.717, 1.165) is 48.5 Å². The highest BCUT2D eigenvalue weighted by atomic mass is 35.5. The van der Waals surface area contributed by atoms with E-state index in [2.05, 4.69) is 56.8 Å². The van der Waals surface area contributed by atoms with Crippen molar-refractivity contribution >= 4 is 23.5 Å². The number of likely N-dealkylation sites (N-methyl/N-ethyl adjacent to an activating group) is 1. The van der Waals surface area contributed by atoms with Crippen molar-refractivity contribution in [2.75, 3.05) is 14.1 Å². The van der Waals surface area contributed by atoms with Crippen LogP contribution in [0.3, 0.4) is 0 Å². The molecule has 47 heavy (non-hydrogen) atoms. The lowest BCUT2D eigenvalue weighted by atomic mass is 9.75. The summed E-state index contributed by atoms with van der Waals surface area (Å²) in [4.78, 5) is 28.9. The molecule has 2 aromatic heterocycles. The van der Waals surface area contributed by atoms with Crippen molar-refractivity contribution in [3.05, 3.63) is 118 Å². The number of rotatable bonds is 8. The molecule has 1 aliphatic rings. The summed E-state index contributed by atoms with van der Waals surface area (Å²) in [6.07, 6.45) is 4.88. The Kier molecular flexibility index (Phi) is 10.5.